The summed E-state index contributed by atoms with van der Waals surface area (Å²) in [7, 11) is 2.02. The molecule has 4 aromatic rings. The summed E-state index contributed by atoms with van der Waals surface area (Å²) in [5.41, 5.74) is 6.64. The smallest absolute Gasteiger partial charge is 0.407 e. The molecule has 0 saturated carbocycles. The molecule has 1 aliphatic rings. The normalized spacial score (nSPS) is 20.5. The number of carbonyl (C=O) groups is 1. The van der Waals surface area contributed by atoms with Crippen LogP contribution in [-0.2, 0) is 27.4 Å². The highest BCUT2D eigenvalue weighted by molar-refractivity contribution is 5.68. The van der Waals surface area contributed by atoms with Crippen molar-refractivity contribution < 1.29 is 29.2 Å². The van der Waals surface area contributed by atoms with Gasteiger partial charge in [0.2, 0.25) is 0 Å². The van der Waals surface area contributed by atoms with Crippen LogP contribution >= 0.6 is 0 Å². The van der Waals surface area contributed by atoms with Crippen LogP contribution in [0, 0.1) is 5.92 Å². The van der Waals surface area contributed by atoms with Gasteiger partial charge >= 0.3 is 6.09 Å². The second-order valence-electron chi connectivity index (χ2n) is 12.4. The highest BCUT2D eigenvalue weighted by atomic mass is 16.7. The molecule has 3 N–H and O–H groups in total. The quantitative estimate of drug-likeness (QED) is 0.133. The van der Waals surface area contributed by atoms with E-state index in [2.05, 4.69) is 35.9 Å². The Labute approximate surface area is 283 Å². The SMILES string of the molecule is C=CCOC(=O)NCc1cccc(-c2ccc([C@@H]3O[C@H](CN(C)[C@@H](C)[C@H](O)c4ccccc4)[C@H](C)[C@H](c4ccc(CO)cc4)O3)cc2)c1. The summed E-state index contributed by atoms with van der Waals surface area (Å²) in [6.07, 6.45) is -0.643. The van der Waals surface area contributed by atoms with Gasteiger partial charge in [-0.15, -0.1) is 0 Å². The minimum Gasteiger partial charge on any atom is -0.445 e. The van der Waals surface area contributed by atoms with E-state index in [9.17, 15) is 15.0 Å². The summed E-state index contributed by atoms with van der Waals surface area (Å²) in [4.78, 5) is 14.0. The number of nitrogens with zero attached hydrogens (tertiary/aromatic N) is 1. The van der Waals surface area contributed by atoms with Crippen molar-refractivity contribution >= 4 is 6.09 Å². The third-order valence-electron chi connectivity index (χ3n) is 9.10. The average Bonchev–Trinajstić information content (AvgIpc) is 3.13. The Balaban J connectivity index is 1.33. The largest absolute Gasteiger partial charge is 0.445 e. The van der Waals surface area contributed by atoms with Crippen molar-refractivity contribution in [1.29, 1.82) is 0 Å². The number of alkyl carbamates (subject to hydrolysis) is 1. The minimum absolute atomic E-state index is 0.00872. The fourth-order valence-corrected chi connectivity index (χ4v) is 6.00. The van der Waals surface area contributed by atoms with E-state index in [1.165, 1.54) is 6.08 Å². The molecule has 8 nitrogen and oxygen atoms in total. The number of benzene rings is 4. The zero-order chi connectivity index (χ0) is 34.0. The summed E-state index contributed by atoms with van der Waals surface area (Å²) in [6, 6.07) is 33.6. The van der Waals surface area contributed by atoms with Gasteiger partial charge in [-0.2, -0.15) is 0 Å². The summed E-state index contributed by atoms with van der Waals surface area (Å²) in [5.74, 6) is 0.00872. The first-order chi connectivity index (χ1) is 23.3. The lowest BCUT2D eigenvalue weighted by Gasteiger charge is -2.43. The predicted molar refractivity (Wildman–Crippen MR) is 187 cm³/mol. The molecule has 1 heterocycles. The maximum atomic E-state index is 11.9. The molecular formula is C40H46N2O6. The summed E-state index contributed by atoms with van der Waals surface area (Å²) >= 11 is 0. The van der Waals surface area contributed by atoms with Gasteiger partial charge in [0.1, 0.15) is 6.61 Å². The van der Waals surface area contributed by atoms with E-state index in [1.54, 1.807) is 0 Å². The second kappa shape index (κ2) is 16.7. The number of ether oxygens (including phenoxy) is 3. The van der Waals surface area contributed by atoms with E-state index in [-0.39, 0.29) is 37.4 Å². The van der Waals surface area contributed by atoms with Crippen molar-refractivity contribution in [1.82, 2.24) is 10.2 Å². The van der Waals surface area contributed by atoms with Gasteiger partial charge in [0, 0.05) is 30.6 Å². The number of rotatable bonds is 13. The van der Waals surface area contributed by atoms with E-state index in [1.807, 2.05) is 105 Å². The molecule has 0 bridgehead atoms. The molecule has 6 atom stereocenters. The summed E-state index contributed by atoms with van der Waals surface area (Å²) in [5, 5.41) is 23.5. The van der Waals surface area contributed by atoms with E-state index >= 15 is 0 Å². The maximum absolute atomic E-state index is 11.9. The molecule has 1 aliphatic heterocycles. The molecule has 0 unspecified atom stereocenters. The Morgan fingerprint density at radius 1 is 0.938 bits per heavy atom. The van der Waals surface area contributed by atoms with Crippen LogP contribution in [0.2, 0.25) is 0 Å². The second-order valence-corrected chi connectivity index (χ2v) is 12.4. The number of likely N-dealkylation sites (N-methyl/N-ethyl adjacent to an activating group) is 1. The van der Waals surface area contributed by atoms with Crippen LogP contribution < -0.4 is 5.32 Å². The molecule has 8 heteroatoms. The fraction of sp³-hybridized carbons (Fsp3) is 0.325. The minimum atomic E-state index is -0.642. The standard InChI is InChI=1S/C40H46N2O6/c1-5-22-46-40(45)41-24-30-10-9-13-35(23-30)31-18-20-34(21-19-31)39-47-36(25-42(4)28(3)37(44)32-11-7-6-8-12-32)27(2)38(48-39)33-16-14-29(26-43)15-17-33/h5-21,23,27-28,36-39,43-44H,1,22,24-26H2,2-4H3,(H,41,45)/t27-,28-,36+,37-,38+,39+/m0/s1. The first kappa shape index (κ1) is 35.0. The van der Waals surface area contributed by atoms with Gasteiger partial charge in [0.05, 0.1) is 24.9 Å². The van der Waals surface area contributed by atoms with Crippen molar-refractivity contribution in [3.63, 3.8) is 0 Å². The molecule has 252 valence electrons. The van der Waals surface area contributed by atoms with Crippen LogP contribution in [0.5, 0.6) is 0 Å². The molecule has 1 amide bonds. The van der Waals surface area contributed by atoms with Crippen LogP contribution in [0.4, 0.5) is 4.79 Å². The number of hydrogen-bond acceptors (Lipinski definition) is 7. The molecule has 0 radical (unpaired) electrons. The van der Waals surface area contributed by atoms with Gasteiger partial charge in [-0.1, -0.05) is 117 Å². The summed E-state index contributed by atoms with van der Waals surface area (Å²) in [6.45, 7) is 8.82. The van der Waals surface area contributed by atoms with Crippen molar-refractivity contribution in [2.24, 2.45) is 5.92 Å². The van der Waals surface area contributed by atoms with Gasteiger partial charge in [-0.05, 0) is 53.4 Å². The zero-order valence-electron chi connectivity index (χ0n) is 27.9. The van der Waals surface area contributed by atoms with Gasteiger partial charge in [-0.3, -0.25) is 4.90 Å². The molecule has 0 aromatic heterocycles. The maximum Gasteiger partial charge on any atom is 0.407 e. The van der Waals surface area contributed by atoms with Crippen molar-refractivity contribution in [3.8, 4) is 11.1 Å². The number of carbonyl (C=O) groups excluding carboxylic acids is 1. The van der Waals surface area contributed by atoms with Crippen molar-refractivity contribution in [2.45, 2.75) is 57.6 Å². The Bertz CT molecular complexity index is 1610. The van der Waals surface area contributed by atoms with Gasteiger partial charge < -0.3 is 29.7 Å². The highest BCUT2D eigenvalue weighted by Gasteiger charge is 2.39. The average molecular weight is 651 g/mol. The molecule has 48 heavy (non-hydrogen) atoms. The van der Waals surface area contributed by atoms with Crippen LogP contribution in [0.1, 0.15) is 60.2 Å². The van der Waals surface area contributed by atoms with E-state index in [4.69, 9.17) is 14.2 Å². The lowest BCUT2D eigenvalue weighted by atomic mass is 9.89. The number of hydrogen-bond donors (Lipinski definition) is 3. The third kappa shape index (κ3) is 8.78. The zero-order valence-corrected chi connectivity index (χ0v) is 27.9. The van der Waals surface area contributed by atoms with Gasteiger partial charge in [0.25, 0.3) is 0 Å². The number of aliphatic hydroxyl groups excluding tert-OH is 2. The molecule has 0 spiro atoms. The van der Waals surface area contributed by atoms with Crippen molar-refractivity contribution in [3.05, 3.63) is 144 Å². The topological polar surface area (TPSA) is 100 Å². The Morgan fingerprint density at radius 2 is 1.65 bits per heavy atom. The van der Waals surface area contributed by atoms with Crippen LogP contribution in [0.3, 0.4) is 0 Å². The lowest BCUT2D eigenvalue weighted by Crippen LogP contribution is -2.46. The van der Waals surface area contributed by atoms with Crippen LogP contribution in [-0.4, -0.2) is 53.6 Å². The first-order valence-corrected chi connectivity index (χ1v) is 16.4. The van der Waals surface area contributed by atoms with Crippen LogP contribution in [0.15, 0.2) is 116 Å². The van der Waals surface area contributed by atoms with Crippen LogP contribution in [0.25, 0.3) is 11.1 Å². The molecule has 4 aromatic carbocycles. The van der Waals surface area contributed by atoms with Crippen molar-refractivity contribution in [2.75, 3.05) is 20.2 Å². The Hall–Kier alpha value is -4.31. The predicted octanol–water partition coefficient (Wildman–Crippen LogP) is 7.10. The van der Waals surface area contributed by atoms with E-state index in [0.717, 1.165) is 38.9 Å². The Morgan fingerprint density at radius 3 is 2.33 bits per heavy atom. The van der Waals surface area contributed by atoms with E-state index < -0.39 is 18.5 Å². The number of nitrogens with one attached hydrogen (secondary N) is 1. The first-order valence-electron chi connectivity index (χ1n) is 16.4. The van der Waals surface area contributed by atoms with E-state index in [0.29, 0.717) is 13.1 Å². The molecular weight excluding hydrogens is 604 g/mol. The molecule has 5 rings (SSSR count). The monoisotopic (exact) mass is 650 g/mol. The molecule has 1 fully saturated rings. The number of aliphatic hydroxyl groups is 2. The summed E-state index contributed by atoms with van der Waals surface area (Å²) < 4.78 is 18.4. The fourth-order valence-electron chi connectivity index (χ4n) is 6.00. The Kier molecular flexibility index (Phi) is 12.2. The van der Waals surface area contributed by atoms with Gasteiger partial charge in [-0.25, -0.2) is 4.79 Å². The third-order valence-corrected chi connectivity index (χ3v) is 9.10. The number of amides is 1. The highest BCUT2D eigenvalue weighted by Crippen LogP contribution is 2.42. The van der Waals surface area contributed by atoms with Gasteiger partial charge in [0.15, 0.2) is 6.29 Å². The molecule has 0 aliphatic carbocycles. The molecule has 1 saturated heterocycles. The lowest BCUT2D eigenvalue weighted by molar-refractivity contribution is -0.276.